The lowest BCUT2D eigenvalue weighted by Gasteiger charge is -1.82. The topological polar surface area (TPSA) is 18.3 Å². The highest BCUT2D eigenvalue weighted by atomic mass is 32.2. The molecule has 0 N–H and O–H groups in total. The van der Waals surface area contributed by atoms with E-state index in [0.717, 1.165) is 17.8 Å². The van der Waals surface area contributed by atoms with Gasteiger partial charge in [0.2, 0.25) is 0 Å². The Labute approximate surface area is 73.3 Å². The molecule has 0 spiro atoms. The van der Waals surface area contributed by atoms with E-state index in [4.69, 9.17) is 0 Å². The second-order valence-electron chi connectivity index (χ2n) is 2.30. The first-order chi connectivity index (χ1) is 5.40. The Morgan fingerprint density at radius 3 is 3.36 bits per heavy atom. The van der Waals surface area contributed by atoms with E-state index in [2.05, 4.69) is 27.9 Å². The van der Waals surface area contributed by atoms with Gasteiger partial charge in [0.05, 0.1) is 6.21 Å². The van der Waals surface area contributed by atoms with Crippen molar-refractivity contribution < 1.29 is 4.24 Å². The number of aromatic nitrogens is 1. The van der Waals surface area contributed by atoms with Crippen molar-refractivity contribution in [2.24, 2.45) is 4.99 Å². The SMILES string of the molecule is CSc1c[n+]2c(s1)=NCCC=2. The van der Waals surface area contributed by atoms with Crippen LogP contribution in [0.1, 0.15) is 6.42 Å². The molecule has 2 rings (SSSR count). The van der Waals surface area contributed by atoms with Crippen molar-refractivity contribution >= 4 is 23.1 Å². The third-order valence-corrected chi connectivity index (χ3v) is 3.65. The van der Waals surface area contributed by atoms with Crippen LogP contribution < -0.4 is 9.04 Å². The molecular formula is C7H9N2S2+. The molecule has 0 unspecified atom stereocenters. The van der Waals surface area contributed by atoms with Gasteiger partial charge in [0.1, 0.15) is 17.0 Å². The van der Waals surface area contributed by atoms with E-state index in [1.807, 2.05) is 0 Å². The van der Waals surface area contributed by atoms with Gasteiger partial charge < -0.3 is 0 Å². The molecule has 0 amide bonds. The molecule has 11 heavy (non-hydrogen) atoms. The Hall–Kier alpha value is -0.350. The van der Waals surface area contributed by atoms with Gasteiger partial charge in [-0.2, -0.15) is 4.24 Å². The van der Waals surface area contributed by atoms with E-state index in [9.17, 15) is 0 Å². The van der Waals surface area contributed by atoms with Crippen LogP contribution in [0.5, 0.6) is 0 Å². The molecule has 0 saturated heterocycles. The summed E-state index contributed by atoms with van der Waals surface area (Å²) in [5.74, 6) is 0. The molecule has 2 heterocycles. The first-order valence-corrected chi connectivity index (χ1v) is 5.54. The summed E-state index contributed by atoms with van der Waals surface area (Å²) >= 11 is 3.54. The summed E-state index contributed by atoms with van der Waals surface area (Å²) in [5, 5.41) is 0. The lowest BCUT2D eigenvalue weighted by molar-refractivity contribution is -0.527. The van der Waals surface area contributed by atoms with Crippen molar-refractivity contribution in [1.82, 2.24) is 0 Å². The first kappa shape index (κ1) is 7.31. The van der Waals surface area contributed by atoms with Gasteiger partial charge in [0.25, 0.3) is 0 Å². The number of hydrogen-bond donors (Lipinski definition) is 0. The van der Waals surface area contributed by atoms with Crippen LogP contribution >= 0.6 is 23.1 Å². The van der Waals surface area contributed by atoms with Gasteiger partial charge in [-0.3, -0.25) is 0 Å². The molecule has 0 aliphatic carbocycles. The fourth-order valence-corrected chi connectivity index (χ4v) is 2.54. The minimum atomic E-state index is 0.953. The molecule has 0 atom stereocenters. The van der Waals surface area contributed by atoms with Gasteiger partial charge in [-0.05, 0) is 17.6 Å². The molecular weight excluding hydrogens is 176 g/mol. The van der Waals surface area contributed by atoms with Gasteiger partial charge in [0.15, 0.2) is 0 Å². The van der Waals surface area contributed by atoms with Crippen LogP contribution in [-0.2, 0) is 0 Å². The minimum absolute atomic E-state index is 0.953. The summed E-state index contributed by atoms with van der Waals surface area (Å²) < 4.78 is 3.46. The monoisotopic (exact) mass is 185 g/mol. The summed E-state index contributed by atoms with van der Waals surface area (Å²) in [5.41, 5.74) is 0. The summed E-state index contributed by atoms with van der Waals surface area (Å²) in [7, 11) is 0. The molecule has 4 heteroatoms. The third kappa shape index (κ3) is 1.32. The normalized spacial score (nSPS) is 15.0. The van der Waals surface area contributed by atoms with E-state index in [-0.39, 0.29) is 0 Å². The Balaban J connectivity index is 2.66. The number of thiazole rings is 1. The summed E-state index contributed by atoms with van der Waals surface area (Å²) in [6, 6.07) is 0. The molecule has 0 saturated carbocycles. The molecule has 0 radical (unpaired) electrons. The van der Waals surface area contributed by atoms with E-state index >= 15 is 0 Å². The first-order valence-electron chi connectivity index (χ1n) is 3.50. The third-order valence-electron chi connectivity index (χ3n) is 1.56. The number of hydrogen-bond acceptors (Lipinski definition) is 3. The van der Waals surface area contributed by atoms with Crippen molar-refractivity contribution in [1.29, 1.82) is 0 Å². The Morgan fingerprint density at radius 1 is 1.73 bits per heavy atom. The van der Waals surface area contributed by atoms with Crippen molar-refractivity contribution in [3.8, 4) is 0 Å². The van der Waals surface area contributed by atoms with Crippen LogP contribution in [0.2, 0.25) is 0 Å². The molecule has 2 nitrogen and oxygen atoms in total. The predicted octanol–water partition coefficient (Wildman–Crippen LogP) is 0.791. The van der Waals surface area contributed by atoms with Gasteiger partial charge in [-0.1, -0.05) is 4.99 Å². The molecule has 1 aliphatic heterocycles. The largest absolute Gasteiger partial charge is 0.382 e. The van der Waals surface area contributed by atoms with Crippen LogP contribution in [0.4, 0.5) is 0 Å². The van der Waals surface area contributed by atoms with E-state index in [1.54, 1.807) is 23.1 Å². The van der Waals surface area contributed by atoms with Gasteiger partial charge >= 0.3 is 4.80 Å². The highest BCUT2D eigenvalue weighted by molar-refractivity contribution is 8.00. The summed E-state index contributed by atoms with van der Waals surface area (Å²) in [6.07, 6.45) is 7.51. The predicted molar refractivity (Wildman–Crippen MR) is 46.6 cm³/mol. The molecule has 0 aromatic carbocycles. The van der Waals surface area contributed by atoms with Crippen molar-refractivity contribution in [2.45, 2.75) is 10.6 Å². The Bertz CT molecular complexity index is 333. The maximum Gasteiger partial charge on any atom is 0.382 e. The number of fused-ring (bicyclic) bond motifs is 1. The second-order valence-corrected chi connectivity index (χ2v) is 4.41. The van der Waals surface area contributed by atoms with Gasteiger partial charge in [-0.15, -0.1) is 11.8 Å². The summed E-state index contributed by atoms with van der Waals surface area (Å²) in [6.45, 7) is 0.953. The minimum Gasteiger partial charge on any atom is -0.196 e. The Morgan fingerprint density at radius 2 is 2.64 bits per heavy atom. The van der Waals surface area contributed by atoms with Crippen LogP contribution in [0.3, 0.4) is 0 Å². The molecule has 0 fully saturated rings. The number of nitrogens with zero attached hydrogens (tertiary/aromatic N) is 2. The van der Waals surface area contributed by atoms with Crippen LogP contribution in [0, 0.1) is 6.21 Å². The van der Waals surface area contributed by atoms with E-state index < -0.39 is 0 Å². The summed E-state index contributed by atoms with van der Waals surface area (Å²) in [4.78, 5) is 5.54. The number of rotatable bonds is 1. The molecule has 58 valence electrons. The zero-order valence-corrected chi connectivity index (χ0v) is 7.91. The van der Waals surface area contributed by atoms with E-state index in [0.29, 0.717) is 0 Å². The average molecular weight is 185 g/mol. The second kappa shape index (κ2) is 2.95. The highest BCUT2D eigenvalue weighted by Gasteiger charge is 2.07. The zero-order valence-electron chi connectivity index (χ0n) is 6.28. The highest BCUT2D eigenvalue weighted by Crippen LogP contribution is 2.14. The molecule has 1 aliphatic rings. The molecule has 1 aromatic heterocycles. The average Bonchev–Trinajstić information content (AvgIpc) is 2.46. The van der Waals surface area contributed by atoms with Crippen LogP contribution in [0.25, 0.3) is 0 Å². The van der Waals surface area contributed by atoms with E-state index in [1.165, 1.54) is 4.21 Å². The van der Waals surface area contributed by atoms with Crippen molar-refractivity contribution in [2.75, 3.05) is 12.8 Å². The maximum absolute atomic E-state index is 4.40. The molecule has 0 bridgehead atoms. The van der Waals surface area contributed by atoms with Gasteiger partial charge in [-0.25, -0.2) is 0 Å². The van der Waals surface area contributed by atoms with Crippen molar-refractivity contribution in [3.05, 3.63) is 17.2 Å². The lowest BCUT2D eigenvalue weighted by Crippen LogP contribution is -2.34. The smallest absolute Gasteiger partial charge is 0.196 e. The fourth-order valence-electron chi connectivity index (χ4n) is 1.03. The van der Waals surface area contributed by atoms with Gasteiger partial charge in [0, 0.05) is 6.42 Å². The van der Waals surface area contributed by atoms with Crippen LogP contribution in [-0.4, -0.2) is 12.8 Å². The standard InChI is InChI=1S/C7H9N2S2/c1-10-6-5-9-4-2-3-8-7(9)11-6/h4-5H,2-3H2,1H3/q+1. The zero-order chi connectivity index (χ0) is 7.68. The lowest BCUT2D eigenvalue weighted by atomic mass is 10.4. The maximum atomic E-state index is 4.40. The quantitative estimate of drug-likeness (QED) is 0.467. The van der Waals surface area contributed by atoms with Crippen LogP contribution in [0.15, 0.2) is 15.4 Å². The number of thioether (sulfide) groups is 1. The fraction of sp³-hybridized carbons (Fsp3) is 0.429. The Kier molecular flexibility index (Phi) is 1.96. The molecule has 1 aromatic rings. The van der Waals surface area contributed by atoms with Crippen molar-refractivity contribution in [3.63, 3.8) is 0 Å².